The monoisotopic (exact) mass is 648 g/mol. The number of thiocarbonyl (C=S) groups is 1. The van der Waals surface area contributed by atoms with Gasteiger partial charge in [-0.3, -0.25) is 14.4 Å². The standard InChI is InChI=1S/C33H32N2O10S/c1-14-27(38)19(35-32(46)34-16-7-4-3-5-8-16)11-22(44-14)45-21-13-33(43,15(2)36)12-18-24(21)31(42)26-25(29(18)40)28(39)17-9-6-10-20(37)23(17)30(26)41/h3-10,14,19,21-22,27,37-38,40,42-43H,11-13H2,1-2H3,(H2,34,35,46)/t14?,19?,21-,22?,27?,33-/m0/s1. The molecule has 2 aliphatic carbocycles. The molecular formula is C33H32N2O10S. The summed E-state index contributed by atoms with van der Waals surface area (Å²) in [7, 11) is 0. The Morgan fingerprint density at radius 3 is 2.39 bits per heavy atom. The third-order valence-electron chi connectivity index (χ3n) is 8.90. The number of carbonyl (C=O) groups excluding carboxylic acids is 3. The van der Waals surface area contributed by atoms with Gasteiger partial charge in [0.1, 0.15) is 29.0 Å². The molecule has 3 aromatic carbocycles. The van der Waals surface area contributed by atoms with Gasteiger partial charge in [-0.15, -0.1) is 0 Å². The molecule has 1 fully saturated rings. The first-order valence-electron chi connectivity index (χ1n) is 14.7. The van der Waals surface area contributed by atoms with Crippen molar-refractivity contribution in [3.63, 3.8) is 0 Å². The van der Waals surface area contributed by atoms with Crippen LogP contribution in [0, 0.1) is 0 Å². The van der Waals surface area contributed by atoms with E-state index in [1.165, 1.54) is 25.1 Å². The smallest absolute Gasteiger partial charge is 0.202 e. The molecule has 0 radical (unpaired) electrons. The summed E-state index contributed by atoms with van der Waals surface area (Å²) in [6, 6.07) is 12.4. The number of aliphatic hydroxyl groups excluding tert-OH is 1. The van der Waals surface area contributed by atoms with E-state index in [0.29, 0.717) is 0 Å². The molecule has 1 heterocycles. The Bertz CT molecular complexity index is 1780. The number of para-hydroxylation sites is 1. The van der Waals surface area contributed by atoms with E-state index < -0.39 is 88.4 Å². The molecule has 1 aliphatic heterocycles. The van der Waals surface area contributed by atoms with Crippen LogP contribution in [-0.4, -0.2) is 78.1 Å². The van der Waals surface area contributed by atoms with Gasteiger partial charge in [-0.2, -0.15) is 0 Å². The predicted molar refractivity (Wildman–Crippen MR) is 167 cm³/mol. The number of benzene rings is 3. The van der Waals surface area contributed by atoms with Crippen molar-refractivity contribution in [2.24, 2.45) is 0 Å². The Labute approximate surface area is 268 Å². The first-order chi connectivity index (χ1) is 21.8. The molecule has 0 amide bonds. The van der Waals surface area contributed by atoms with Crippen molar-refractivity contribution in [3.05, 3.63) is 81.9 Å². The van der Waals surface area contributed by atoms with Crippen LogP contribution in [0.4, 0.5) is 5.69 Å². The molecule has 0 spiro atoms. The fourth-order valence-corrected chi connectivity index (χ4v) is 6.74. The molecule has 6 atom stereocenters. The van der Waals surface area contributed by atoms with Gasteiger partial charge in [0.15, 0.2) is 23.0 Å². The number of nitrogens with one attached hydrogen (secondary N) is 2. The van der Waals surface area contributed by atoms with Gasteiger partial charge in [0.05, 0.1) is 34.9 Å². The number of Topliss-reactive ketones (excluding diaryl/α,β-unsaturated/α-hetero) is 1. The molecule has 46 heavy (non-hydrogen) atoms. The van der Waals surface area contributed by atoms with Crippen LogP contribution < -0.4 is 10.6 Å². The highest BCUT2D eigenvalue weighted by Gasteiger charge is 2.49. The molecule has 1 saturated heterocycles. The number of carbonyl (C=O) groups is 3. The van der Waals surface area contributed by atoms with Crippen LogP contribution in [0.1, 0.15) is 75.8 Å². The lowest BCUT2D eigenvalue weighted by Gasteiger charge is -2.43. The van der Waals surface area contributed by atoms with Gasteiger partial charge in [-0.25, -0.2) is 0 Å². The molecule has 0 bridgehead atoms. The second-order valence-electron chi connectivity index (χ2n) is 11.9. The first-order valence-corrected chi connectivity index (χ1v) is 15.1. The second kappa shape index (κ2) is 11.8. The number of hydrogen-bond donors (Lipinski definition) is 7. The van der Waals surface area contributed by atoms with Crippen LogP contribution in [0.25, 0.3) is 0 Å². The molecule has 6 rings (SSSR count). The average molecular weight is 649 g/mol. The van der Waals surface area contributed by atoms with Gasteiger partial charge in [0.2, 0.25) is 5.78 Å². The van der Waals surface area contributed by atoms with Crippen LogP contribution in [-0.2, 0) is 20.7 Å². The second-order valence-corrected chi connectivity index (χ2v) is 12.3. The number of aromatic hydroxyl groups is 3. The summed E-state index contributed by atoms with van der Waals surface area (Å²) in [4.78, 5) is 39.8. The fraction of sp³-hybridized carbons (Fsp3) is 0.333. The lowest BCUT2D eigenvalue weighted by Crippen LogP contribution is -2.56. The fourth-order valence-electron chi connectivity index (χ4n) is 6.47. The number of anilines is 1. The normalized spacial score (nSPS) is 26.8. The largest absolute Gasteiger partial charge is 0.507 e. The average Bonchev–Trinajstić information content (AvgIpc) is 3.00. The van der Waals surface area contributed by atoms with Gasteiger partial charge in [0.25, 0.3) is 0 Å². The molecule has 4 unspecified atom stereocenters. The Kier molecular flexibility index (Phi) is 8.07. The number of hydrogen-bond acceptors (Lipinski definition) is 11. The summed E-state index contributed by atoms with van der Waals surface area (Å²) in [6.07, 6.45) is -4.99. The Morgan fingerprint density at radius 2 is 1.70 bits per heavy atom. The number of ketones is 3. The summed E-state index contributed by atoms with van der Waals surface area (Å²) in [6.45, 7) is 2.79. The predicted octanol–water partition coefficient (Wildman–Crippen LogP) is 2.75. The summed E-state index contributed by atoms with van der Waals surface area (Å²) in [5.74, 6) is -4.20. The quantitative estimate of drug-likeness (QED) is 0.123. The van der Waals surface area contributed by atoms with E-state index in [0.717, 1.165) is 5.69 Å². The maximum Gasteiger partial charge on any atom is 0.202 e. The topological polar surface area (TPSA) is 195 Å². The molecular weight excluding hydrogens is 616 g/mol. The van der Waals surface area contributed by atoms with Gasteiger partial charge >= 0.3 is 0 Å². The molecule has 13 heteroatoms. The summed E-state index contributed by atoms with van der Waals surface area (Å²) >= 11 is 5.44. The van der Waals surface area contributed by atoms with Gasteiger partial charge in [-0.1, -0.05) is 30.3 Å². The maximum atomic E-state index is 13.6. The molecule has 3 aliphatic rings. The van der Waals surface area contributed by atoms with E-state index in [9.17, 15) is 39.9 Å². The Hall–Kier alpha value is -4.40. The minimum Gasteiger partial charge on any atom is -0.507 e. The third-order valence-corrected chi connectivity index (χ3v) is 9.12. The summed E-state index contributed by atoms with van der Waals surface area (Å²) in [5, 5.41) is 62.1. The van der Waals surface area contributed by atoms with E-state index in [1.807, 2.05) is 30.3 Å². The van der Waals surface area contributed by atoms with Crippen molar-refractivity contribution in [1.82, 2.24) is 5.32 Å². The number of ether oxygens (including phenoxy) is 2. The zero-order chi connectivity index (χ0) is 33.1. The minimum absolute atomic E-state index is 0.0306. The highest BCUT2D eigenvalue weighted by molar-refractivity contribution is 7.80. The van der Waals surface area contributed by atoms with Crippen LogP contribution >= 0.6 is 12.2 Å². The van der Waals surface area contributed by atoms with E-state index in [4.69, 9.17) is 21.7 Å². The number of phenols is 3. The summed E-state index contributed by atoms with van der Waals surface area (Å²) in [5.41, 5.74) is -3.09. The van der Waals surface area contributed by atoms with E-state index in [-0.39, 0.29) is 40.2 Å². The minimum atomic E-state index is -2.06. The molecule has 7 N–H and O–H groups in total. The molecule has 240 valence electrons. The number of fused-ring (bicyclic) bond motifs is 3. The van der Waals surface area contributed by atoms with E-state index in [1.54, 1.807) is 6.92 Å². The van der Waals surface area contributed by atoms with Crippen molar-refractivity contribution in [2.75, 3.05) is 5.32 Å². The van der Waals surface area contributed by atoms with Gasteiger partial charge in [0, 0.05) is 41.6 Å². The van der Waals surface area contributed by atoms with Crippen LogP contribution in [0.5, 0.6) is 17.2 Å². The van der Waals surface area contributed by atoms with Gasteiger partial charge in [-0.05, 0) is 44.3 Å². The van der Waals surface area contributed by atoms with E-state index >= 15 is 0 Å². The highest BCUT2D eigenvalue weighted by Crippen LogP contribution is 2.52. The lowest BCUT2D eigenvalue weighted by atomic mass is 9.72. The van der Waals surface area contributed by atoms with E-state index in [2.05, 4.69) is 10.6 Å². The number of aliphatic hydroxyl groups is 2. The van der Waals surface area contributed by atoms with Crippen molar-refractivity contribution in [3.8, 4) is 17.2 Å². The van der Waals surface area contributed by atoms with Crippen molar-refractivity contribution in [1.29, 1.82) is 0 Å². The van der Waals surface area contributed by atoms with Crippen LogP contribution in [0.15, 0.2) is 48.5 Å². The summed E-state index contributed by atoms with van der Waals surface area (Å²) < 4.78 is 12.2. The van der Waals surface area contributed by atoms with Crippen LogP contribution in [0.2, 0.25) is 0 Å². The lowest BCUT2D eigenvalue weighted by molar-refractivity contribution is -0.248. The van der Waals surface area contributed by atoms with Crippen molar-refractivity contribution in [2.45, 2.75) is 69.4 Å². The molecule has 0 saturated carbocycles. The first kappa shape index (κ1) is 31.6. The number of rotatable bonds is 5. The Morgan fingerprint density at radius 1 is 1.00 bits per heavy atom. The third kappa shape index (κ3) is 5.29. The van der Waals surface area contributed by atoms with Gasteiger partial charge < -0.3 is 45.6 Å². The zero-order valence-electron chi connectivity index (χ0n) is 24.8. The molecule has 0 aromatic heterocycles. The molecule has 12 nitrogen and oxygen atoms in total. The zero-order valence-corrected chi connectivity index (χ0v) is 25.6. The SMILES string of the molecule is CC(=O)[C@]1(O)Cc2c(O)c3c(c(O)c2[C@@H](OC2CC(NC(=S)Nc4ccccc4)C(O)C(C)O2)C1)C(=O)c1c(O)cccc1C3=O. The van der Waals surface area contributed by atoms with Crippen molar-refractivity contribution >= 4 is 40.4 Å². The maximum absolute atomic E-state index is 13.6. The van der Waals surface area contributed by atoms with Crippen LogP contribution in [0.3, 0.4) is 0 Å². The van der Waals surface area contributed by atoms with Crippen molar-refractivity contribution < 1.29 is 49.4 Å². The Balaban J connectivity index is 1.36. The molecule has 3 aromatic rings. The highest BCUT2D eigenvalue weighted by atomic mass is 32.1. The number of phenolic OH excluding ortho intramolecular Hbond substituents is 3.